The Balaban J connectivity index is 3.32. The van der Waals surface area contributed by atoms with Crippen molar-refractivity contribution in [1.82, 2.24) is 9.97 Å². The van der Waals surface area contributed by atoms with Gasteiger partial charge < -0.3 is 15.2 Å². The summed E-state index contributed by atoms with van der Waals surface area (Å²) in [5, 5.41) is 28.1. The predicted octanol–water partition coefficient (Wildman–Crippen LogP) is -1.66. The first-order chi connectivity index (χ1) is 7.95. The molecule has 0 radical (unpaired) electrons. The van der Waals surface area contributed by atoms with E-state index >= 15 is 0 Å². The fourth-order valence-corrected chi connectivity index (χ4v) is 1.07. The van der Waals surface area contributed by atoms with Crippen molar-refractivity contribution in [2.24, 2.45) is 0 Å². The van der Waals surface area contributed by atoms with E-state index in [9.17, 15) is 19.7 Å². The van der Waals surface area contributed by atoms with Gasteiger partial charge >= 0.3 is 16.9 Å². The molecule has 17 heavy (non-hydrogen) atoms. The van der Waals surface area contributed by atoms with Crippen LogP contribution in [0.25, 0.3) is 6.08 Å². The Morgan fingerprint density at radius 3 is 2.59 bits per heavy atom. The first-order valence-electron chi connectivity index (χ1n) is 4.44. The Kier molecular flexibility index (Phi) is 3.91. The number of hydrogen-bond donors (Lipinski definition) is 4. The lowest BCUT2D eigenvalue weighted by atomic mass is 10.2. The average Bonchev–Trinajstić information content (AvgIpc) is 2.24. The van der Waals surface area contributed by atoms with Gasteiger partial charge in [-0.1, -0.05) is 6.08 Å². The van der Waals surface area contributed by atoms with Gasteiger partial charge in [0.15, 0.2) is 0 Å². The van der Waals surface area contributed by atoms with Crippen LogP contribution in [0, 0.1) is 10.1 Å². The first kappa shape index (κ1) is 12.8. The minimum absolute atomic E-state index is 0.351. The number of nitro groups is 1. The van der Waals surface area contributed by atoms with Crippen LogP contribution in [0.3, 0.4) is 0 Å². The van der Waals surface area contributed by atoms with Crippen LogP contribution in [0.1, 0.15) is 5.69 Å². The number of aromatic nitrogens is 2. The summed E-state index contributed by atoms with van der Waals surface area (Å²) in [6.07, 6.45) is 0.755. The molecule has 4 N–H and O–H groups in total. The van der Waals surface area contributed by atoms with E-state index in [-0.39, 0.29) is 5.69 Å². The fourth-order valence-electron chi connectivity index (χ4n) is 1.07. The maximum atomic E-state index is 11.2. The smallest absolute Gasteiger partial charge is 0.357 e. The topological polar surface area (TPSA) is 149 Å². The van der Waals surface area contributed by atoms with Crippen LogP contribution in [0.2, 0.25) is 0 Å². The summed E-state index contributed by atoms with van der Waals surface area (Å²) >= 11 is 0. The van der Waals surface area contributed by atoms with E-state index in [4.69, 9.17) is 10.2 Å². The number of H-pyrrole nitrogens is 2. The number of nitrogens with one attached hydrogen (secondary N) is 2. The molecule has 0 aliphatic heterocycles. The predicted molar refractivity (Wildman–Crippen MR) is 56.5 cm³/mol. The van der Waals surface area contributed by atoms with Gasteiger partial charge in [0.05, 0.1) is 17.6 Å². The largest absolute Gasteiger partial charge is 0.393 e. The lowest BCUT2D eigenvalue weighted by Gasteiger charge is -1.99. The molecule has 9 nitrogen and oxygen atoms in total. The quantitative estimate of drug-likeness (QED) is 0.367. The van der Waals surface area contributed by atoms with Gasteiger partial charge in [-0.15, -0.1) is 0 Å². The Labute approximate surface area is 93.2 Å². The highest BCUT2D eigenvalue weighted by molar-refractivity contribution is 5.55. The van der Waals surface area contributed by atoms with Gasteiger partial charge in [-0.25, -0.2) is 4.79 Å². The van der Waals surface area contributed by atoms with E-state index < -0.39 is 34.6 Å². The highest BCUT2D eigenvalue weighted by Gasteiger charge is 2.18. The molecule has 0 bridgehead atoms. The van der Waals surface area contributed by atoms with E-state index in [0.717, 1.165) is 12.2 Å². The van der Waals surface area contributed by atoms with Crippen LogP contribution in [-0.2, 0) is 0 Å². The highest BCUT2D eigenvalue weighted by Crippen LogP contribution is 2.09. The number of rotatable bonds is 4. The second-order valence-electron chi connectivity index (χ2n) is 3.04. The molecule has 0 amide bonds. The molecule has 0 saturated heterocycles. The molecule has 1 atom stereocenters. The van der Waals surface area contributed by atoms with Gasteiger partial charge in [-0.3, -0.25) is 19.9 Å². The van der Waals surface area contributed by atoms with E-state index in [1.807, 2.05) is 4.98 Å². The maximum absolute atomic E-state index is 11.2. The molecule has 0 aromatic carbocycles. The number of aliphatic hydroxyl groups is 2. The summed E-state index contributed by atoms with van der Waals surface area (Å²) in [6.45, 7) is -0.586. The molecule has 1 rings (SSSR count). The van der Waals surface area contributed by atoms with E-state index in [1.54, 1.807) is 4.98 Å². The van der Waals surface area contributed by atoms with Gasteiger partial charge in [-0.2, -0.15) is 0 Å². The van der Waals surface area contributed by atoms with Gasteiger partial charge in [0, 0.05) is 0 Å². The summed E-state index contributed by atoms with van der Waals surface area (Å²) in [6, 6.07) is 0. The minimum atomic E-state index is -1.24. The number of aromatic amines is 2. The van der Waals surface area contributed by atoms with Crippen molar-refractivity contribution in [3.05, 3.63) is 42.7 Å². The average molecular weight is 243 g/mol. The van der Waals surface area contributed by atoms with Crippen molar-refractivity contribution >= 4 is 11.8 Å². The molecular weight excluding hydrogens is 234 g/mol. The van der Waals surface area contributed by atoms with Crippen LogP contribution < -0.4 is 11.2 Å². The second-order valence-corrected chi connectivity index (χ2v) is 3.04. The number of hydrogen-bond acceptors (Lipinski definition) is 6. The molecule has 0 saturated carbocycles. The van der Waals surface area contributed by atoms with Crippen molar-refractivity contribution in [3.63, 3.8) is 0 Å². The number of nitrogens with zero attached hydrogens (tertiary/aromatic N) is 1. The second kappa shape index (κ2) is 5.18. The Hall–Kier alpha value is -2.26. The maximum Gasteiger partial charge on any atom is 0.357 e. The van der Waals surface area contributed by atoms with E-state index in [1.165, 1.54) is 0 Å². The summed E-state index contributed by atoms with van der Waals surface area (Å²) in [4.78, 5) is 35.5. The summed E-state index contributed by atoms with van der Waals surface area (Å²) in [5.41, 5.74) is -3.24. The van der Waals surface area contributed by atoms with Crippen LogP contribution >= 0.6 is 0 Å². The molecule has 9 heteroatoms. The number of aliphatic hydroxyl groups excluding tert-OH is 2. The molecule has 0 aliphatic carbocycles. The monoisotopic (exact) mass is 243 g/mol. The van der Waals surface area contributed by atoms with E-state index in [2.05, 4.69) is 0 Å². The molecule has 1 aromatic rings. The van der Waals surface area contributed by atoms with Crippen molar-refractivity contribution in [1.29, 1.82) is 0 Å². The molecule has 0 aliphatic rings. The molecule has 92 valence electrons. The molecular formula is C8H9N3O6. The standard InChI is InChI=1S/C8H9N3O6/c12-3-4(13)1-2-5-6(11(16)17)7(14)10-8(15)9-5/h1-2,4,12-13H,3H2,(H2,9,10,14,15)/b2-1+/t4-/m0/s1. The van der Waals surface area contributed by atoms with Crippen molar-refractivity contribution in [3.8, 4) is 0 Å². The normalized spacial score (nSPS) is 12.8. The van der Waals surface area contributed by atoms with Crippen LogP contribution in [0.15, 0.2) is 15.7 Å². The lowest BCUT2D eigenvalue weighted by molar-refractivity contribution is -0.386. The molecule has 0 unspecified atom stereocenters. The van der Waals surface area contributed by atoms with Crippen molar-refractivity contribution in [2.45, 2.75) is 6.10 Å². The van der Waals surface area contributed by atoms with Crippen LogP contribution in [0.5, 0.6) is 0 Å². The lowest BCUT2D eigenvalue weighted by Crippen LogP contribution is -2.25. The van der Waals surface area contributed by atoms with Crippen molar-refractivity contribution < 1.29 is 15.1 Å². The Morgan fingerprint density at radius 2 is 2.06 bits per heavy atom. The summed E-state index contributed by atoms with van der Waals surface area (Å²) in [5.74, 6) is 0. The van der Waals surface area contributed by atoms with Gasteiger partial charge in [0.2, 0.25) is 0 Å². The Morgan fingerprint density at radius 1 is 1.41 bits per heavy atom. The molecule has 1 heterocycles. The Bertz CT molecular complexity index is 557. The third-order valence-electron chi connectivity index (χ3n) is 1.80. The zero-order chi connectivity index (χ0) is 13.0. The third kappa shape index (κ3) is 3.09. The first-order valence-corrected chi connectivity index (χ1v) is 4.44. The zero-order valence-corrected chi connectivity index (χ0v) is 8.41. The van der Waals surface area contributed by atoms with Crippen molar-refractivity contribution in [2.75, 3.05) is 6.61 Å². The molecule has 1 aromatic heterocycles. The van der Waals surface area contributed by atoms with Gasteiger partial charge in [-0.05, 0) is 6.08 Å². The van der Waals surface area contributed by atoms with Gasteiger partial charge in [0.1, 0.15) is 5.69 Å². The van der Waals surface area contributed by atoms with E-state index in [0.29, 0.717) is 0 Å². The van der Waals surface area contributed by atoms with Crippen LogP contribution in [-0.4, -0.2) is 37.8 Å². The highest BCUT2D eigenvalue weighted by atomic mass is 16.6. The minimum Gasteiger partial charge on any atom is -0.393 e. The molecule has 0 spiro atoms. The SMILES string of the molecule is O=c1[nH]c(/C=C/[C@H](O)CO)c([N+](=O)[O-])c(=O)[nH]1. The van der Waals surface area contributed by atoms with Crippen LogP contribution in [0.4, 0.5) is 5.69 Å². The zero-order valence-electron chi connectivity index (χ0n) is 8.41. The third-order valence-corrected chi connectivity index (χ3v) is 1.80. The van der Waals surface area contributed by atoms with Gasteiger partial charge in [0.25, 0.3) is 0 Å². The summed E-state index contributed by atoms with van der Waals surface area (Å²) in [7, 11) is 0. The fraction of sp³-hybridized carbons (Fsp3) is 0.250. The summed E-state index contributed by atoms with van der Waals surface area (Å²) < 4.78 is 0. The molecule has 0 fully saturated rings.